The van der Waals surface area contributed by atoms with Crippen LogP contribution in [0.3, 0.4) is 0 Å². The van der Waals surface area contributed by atoms with Crippen molar-refractivity contribution in [2.24, 2.45) is 0 Å². The van der Waals surface area contributed by atoms with Crippen LogP contribution < -0.4 is 11.2 Å². The molecule has 1 aliphatic rings. The lowest BCUT2D eigenvalue weighted by Gasteiger charge is -2.16. The zero-order valence-electron chi connectivity index (χ0n) is 13.5. The van der Waals surface area contributed by atoms with Gasteiger partial charge in [0.25, 0.3) is 11.2 Å². The predicted octanol–water partition coefficient (Wildman–Crippen LogP) is 1.54. The fourth-order valence-electron chi connectivity index (χ4n) is 2.30. The average molecular weight is 411 g/mol. The molecule has 27 heavy (non-hydrogen) atoms. The van der Waals surface area contributed by atoms with Gasteiger partial charge in [-0.15, -0.1) is 0 Å². The third kappa shape index (κ3) is 4.08. The van der Waals surface area contributed by atoms with E-state index in [1.54, 1.807) is 12.1 Å². The minimum absolute atomic E-state index is 0.0476. The highest BCUT2D eigenvalue weighted by Crippen LogP contribution is 2.47. The maximum atomic E-state index is 12.0. The van der Waals surface area contributed by atoms with Gasteiger partial charge in [0, 0.05) is 29.3 Å². The van der Waals surface area contributed by atoms with Gasteiger partial charge in [0.15, 0.2) is 6.23 Å². The van der Waals surface area contributed by atoms with Crippen LogP contribution in [0.1, 0.15) is 6.23 Å². The number of benzene rings is 1. The van der Waals surface area contributed by atoms with Gasteiger partial charge in [-0.3, -0.25) is 24.5 Å². The number of aliphatic hydroxyl groups excluding tert-OH is 2. The molecule has 3 rings (SSSR count). The number of non-ortho nitro benzene ring substituents is 1. The van der Waals surface area contributed by atoms with Gasteiger partial charge in [0.05, 0.1) is 16.4 Å². The van der Waals surface area contributed by atoms with E-state index in [0.29, 0.717) is 4.90 Å². The van der Waals surface area contributed by atoms with Crippen LogP contribution in [-0.2, 0) is 4.74 Å². The number of ether oxygens (including phenoxy) is 1. The molecular weight excluding hydrogens is 398 g/mol. The Hall–Kier alpha value is -2.54. The van der Waals surface area contributed by atoms with E-state index in [-0.39, 0.29) is 16.4 Å². The molecule has 2 atom stereocenters. The van der Waals surface area contributed by atoms with Gasteiger partial charge >= 0.3 is 5.69 Å². The number of nitrogens with one attached hydrogen (secondary N) is 1. The highest BCUT2D eigenvalue weighted by Gasteiger charge is 2.37. The smallest absolute Gasteiger partial charge is 0.330 e. The van der Waals surface area contributed by atoms with Crippen molar-refractivity contribution in [3.8, 4) is 0 Å². The van der Waals surface area contributed by atoms with E-state index in [0.717, 1.165) is 21.4 Å². The van der Waals surface area contributed by atoms with Gasteiger partial charge in [0.1, 0.15) is 11.9 Å². The minimum Gasteiger partial charge on any atom is -0.508 e. The maximum absolute atomic E-state index is 12.0. The number of nitro groups is 1. The summed E-state index contributed by atoms with van der Waals surface area (Å²) in [6, 6.07) is 6.94. The molecule has 1 aromatic heterocycles. The molecule has 0 unspecified atom stereocenters. The molecule has 0 bridgehead atoms. The number of aromatic amines is 1. The van der Waals surface area contributed by atoms with E-state index < -0.39 is 35.1 Å². The average Bonchev–Trinajstić information content (AvgIpc) is 2.96. The molecule has 1 aromatic carbocycles. The van der Waals surface area contributed by atoms with Crippen molar-refractivity contribution in [1.29, 1.82) is 0 Å². The molecule has 1 aliphatic heterocycles. The molecule has 0 saturated carbocycles. The first-order valence-electron chi connectivity index (χ1n) is 7.50. The second kappa shape index (κ2) is 8.00. The molecule has 10 nitrogen and oxygen atoms in total. The van der Waals surface area contributed by atoms with E-state index in [4.69, 9.17) is 4.74 Å². The van der Waals surface area contributed by atoms with Crippen LogP contribution in [0, 0.1) is 10.1 Å². The number of aliphatic hydroxyl groups is 2. The third-order valence-corrected chi connectivity index (χ3v) is 6.12. The van der Waals surface area contributed by atoms with Gasteiger partial charge in [-0.2, -0.15) is 0 Å². The number of nitrogens with zero attached hydrogens (tertiary/aromatic N) is 2. The second-order valence-corrected chi connectivity index (χ2v) is 7.59. The fraction of sp³-hybridized carbons (Fsp3) is 0.200. The summed E-state index contributed by atoms with van der Waals surface area (Å²) >= 11 is 0. The summed E-state index contributed by atoms with van der Waals surface area (Å²) in [5, 5.41) is 30.4. The summed E-state index contributed by atoms with van der Waals surface area (Å²) in [7, 11) is 2.27. The first-order chi connectivity index (χ1) is 12.9. The molecule has 0 aliphatic carbocycles. The van der Waals surface area contributed by atoms with Crippen molar-refractivity contribution in [1.82, 2.24) is 9.55 Å². The van der Waals surface area contributed by atoms with E-state index in [1.165, 1.54) is 29.1 Å². The summed E-state index contributed by atoms with van der Waals surface area (Å²) in [6.45, 7) is -0.493. The van der Waals surface area contributed by atoms with Crippen molar-refractivity contribution in [2.45, 2.75) is 17.2 Å². The lowest BCUT2D eigenvalue weighted by atomic mass is 10.3. The molecule has 0 saturated heterocycles. The molecule has 2 heterocycles. The molecule has 0 fully saturated rings. The SMILES string of the molecule is O=c1ccn([C@@H]2O[C@H](CO)C(O)=C2SSc2ccc([N+](=O)[O-])cc2)c(=O)[nH]1. The van der Waals surface area contributed by atoms with Crippen LogP contribution in [0.4, 0.5) is 5.69 Å². The van der Waals surface area contributed by atoms with Gasteiger partial charge < -0.3 is 14.9 Å². The maximum Gasteiger partial charge on any atom is 0.330 e. The van der Waals surface area contributed by atoms with Crippen molar-refractivity contribution >= 4 is 27.3 Å². The van der Waals surface area contributed by atoms with Crippen LogP contribution in [0.2, 0.25) is 0 Å². The zero-order chi connectivity index (χ0) is 19.6. The standard InChI is InChI=1S/C15H13N3O7S2/c19-7-10-12(21)13(14(25-10)17-6-5-11(20)16-15(17)22)27-26-9-3-1-8(2-4-9)18(23)24/h1-6,10,14,19,21H,7H2,(H,16,20,22)/t10-,14-/m1/s1. The van der Waals surface area contributed by atoms with Gasteiger partial charge in [-0.25, -0.2) is 4.79 Å². The highest BCUT2D eigenvalue weighted by molar-refractivity contribution is 8.78. The van der Waals surface area contributed by atoms with Crippen LogP contribution >= 0.6 is 21.6 Å². The second-order valence-electron chi connectivity index (χ2n) is 5.34. The van der Waals surface area contributed by atoms with Crippen molar-refractivity contribution < 1.29 is 19.9 Å². The van der Waals surface area contributed by atoms with Gasteiger partial charge in [0.2, 0.25) is 0 Å². The van der Waals surface area contributed by atoms with Gasteiger partial charge in [-0.1, -0.05) is 10.8 Å². The summed E-state index contributed by atoms with van der Waals surface area (Å²) in [5.74, 6) is -0.222. The van der Waals surface area contributed by atoms with Gasteiger partial charge in [-0.05, 0) is 22.9 Å². The van der Waals surface area contributed by atoms with E-state index in [2.05, 4.69) is 4.98 Å². The normalized spacial score (nSPS) is 19.4. The van der Waals surface area contributed by atoms with Crippen molar-refractivity contribution in [2.75, 3.05) is 6.61 Å². The van der Waals surface area contributed by atoms with E-state index in [1.807, 2.05) is 0 Å². The monoisotopic (exact) mass is 411 g/mol. The number of hydrogen-bond donors (Lipinski definition) is 3. The summed E-state index contributed by atoms with van der Waals surface area (Å²) in [4.78, 5) is 36.5. The van der Waals surface area contributed by atoms with E-state index in [9.17, 15) is 29.9 Å². The Morgan fingerprint density at radius 3 is 2.52 bits per heavy atom. The summed E-state index contributed by atoms with van der Waals surface area (Å²) < 4.78 is 6.61. The largest absolute Gasteiger partial charge is 0.508 e. The molecule has 0 amide bonds. The van der Waals surface area contributed by atoms with Crippen molar-refractivity contribution in [3.05, 3.63) is 78.1 Å². The number of rotatable bonds is 6. The molecule has 2 aromatic rings. The number of hydrogen-bond acceptors (Lipinski definition) is 9. The Morgan fingerprint density at radius 2 is 1.93 bits per heavy atom. The lowest BCUT2D eigenvalue weighted by molar-refractivity contribution is -0.384. The number of aromatic nitrogens is 2. The molecule has 0 radical (unpaired) electrons. The third-order valence-electron chi connectivity index (χ3n) is 3.62. The molecule has 142 valence electrons. The molecule has 3 N–H and O–H groups in total. The van der Waals surface area contributed by atoms with Crippen LogP contribution in [0.15, 0.2) is 61.7 Å². The van der Waals surface area contributed by atoms with E-state index >= 15 is 0 Å². The van der Waals surface area contributed by atoms with Crippen molar-refractivity contribution in [3.63, 3.8) is 0 Å². The molecule has 0 spiro atoms. The molecular formula is C15H13N3O7S2. The van der Waals surface area contributed by atoms with Crippen LogP contribution in [0.25, 0.3) is 0 Å². The first kappa shape index (κ1) is 19.2. The number of H-pyrrole nitrogens is 1. The fourth-order valence-corrected chi connectivity index (χ4v) is 4.60. The van der Waals surface area contributed by atoms with Crippen LogP contribution in [0.5, 0.6) is 0 Å². The molecule has 12 heteroatoms. The zero-order valence-corrected chi connectivity index (χ0v) is 15.1. The quantitative estimate of drug-likeness (QED) is 0.366. The number of nitro benzene ring substituents is 1. The highest BCUT2D eigenvalue weighted by atomic mass is 33.1. The Labute approximate surface area is 159 Å². The topological polar surface area (TPSA) is 148 Å². The summed E-state index contributed by atoms with van der Waals surface area (Å²) in [5.41, 5.74) is -1.35. The Balaban J connectivity index is 1.85. The van der Waals surface area contributed by atoms with Crippen LogP contribution in [-0.4, -0.2) is 37.4 Å². The summed E-state index contributed by atoms with van der Waals surface area (Å²) in [6.07, 6.45) is -0.800. The Bertz CT molecular complexity index is 999. The Morgan fingerprint density at radius 1 is 1.22 bits per heavy atom. The Kier molecular flexibility index (Phi) is 5.70. The first-order valence-corrected chi connectivity index (χ1v) is 9.65. The lowest BCUT2D eigenvalue weighted by Crippen LogP contribution is -2.32. The predicted molar refractivity (Wildman–Crippen MR) is 98.5 cm³/mol. The minimum atomic E-state index is -1.03.